The summed E-state index contributed by atoms with van der Waals surface area (Å²) < 4.78 is 0. The van der Waals surface area contributed by atoms with Crippen LogP contribution in [0.3, 0.4) is 0 Å². The van der Waals surface area contributed by atoms with E-state index in [-0.39, 0.29) is 0 Å². The molecule has 3 rings (SSSR count). The Bertz CT molecular complexity index is 519. The third-order valence-electron chi connectivity index (χ3n) is 3.28. The summed E-state index contributed by atoms with van der Waals surface area (Å²) in [5.41, 5.74) is 9.48. The molecule has 3 N–H and O–H groups in total. The SMILES string of the molecule is Cc1ccc2c(c1)C(N)(c1nn[nH]n1)CC2. The van der Waals surface area contributed by atoms with Gasteiger partial charge in [-0.2, -0.15) is 5.21 Å². The maximum atomic E-state index is 6.42. The fourth-order valence-electron chi connectivity index (χ4n) is 2.37. The van der Waals surface area contributed by atoms with Gasteiger partial charge in [-0.25, -0.2) is 0 Å². The van der Waals surface area contributed by atoms with Gasteiger partial charge in [-0.15, -0.1) is 10.2 Å². The van der Waals surface area contributed by atoms with E-state index in [2.05, 4.69) is 45.7 Å². The summed E-state index contributed by atoms with van der Waals surface area (Å²) in [6.07, 6.45) is 1.81. The maximum absolute atomic E-state index is 6.42. The summed E-state index contributed by atoms with van der Waals surface area (Å²) in [5.74, 6) is 0.580. The predicted octanol–water partition coefficient (Wildman–Crippen LogP) is 0.657. The molecule has 0 saturated carbocycles. The number of aromatic amines is 1. The number of H-pyrrole nitrogens is 1. The first-order chi connectivity index (χ1) is 7.70. The molecule has 0 aliphatic heterocycles. The van der Waals surface area contributed by atoms with Crippen molar-refractivity contribution in [2.45, 2.75) is 25.3 Å². The number of benzene rings is 1. The van der Waals surface area contributed by atoms with Crippen LogP contribution in [0.4, 0.5) is 0 Å². The van der Waals surface area contributed by atoms with Crippen LogP contribution >= 0.6 is 0 Å². The van der Waals surface area contributed by atoms with Crippen molar-refractivity contribution in [3.63, 3.8) is 0 Å². The van der Waals surface area contributed by atoms with Gasteiger partial charge >= 0.3 is 0 Å². The highest BCUT2D eigenvalue weighted by Gasteiger charge is 2.40. The summed E-state index contributed by atoms with van der Waals surface area (Å²) >= 11 is 0. The second-order valence-electron chi connectivity index (χ2n) is 4.37. The van der Waals surface area contributed by atoms with Crippen molar-refractivity contribution in [2.75, 3.05) is 0 Å². The lowest BCUT2D eigenvalue weighted by Crippen LogP contribution is -2.36. The molecule has 5 nitrogen and oxygen atoms in total. The molecule has 16 heavy (non-hydrogen) atoms. The van der Waals surface area contributed by atoms with Crippen LogP contribution in [0.15, 0.2) is 18.2 Å². The van der Waals surface area contributed by atoms with E-state index in [0.717, 1.165) is 18.4 Å². The second kappa shape index (κ2) is 3.12. The molecule has 1 aliphatic rings. The van der Waals surface area contributed by atoms with E-state index in [1.807, 2.05) is 0 Å². The van der Waals surface area contributed by atoms with Crippen molar-refractivity contribution in [3.05, 3.63) is 40.7 Å². The van der Waals surface area contributed by atoms with Crippen molar-refractivity contribution in [1.82, 2.24) is 20.6 Å². The minimum absolute atomic E-state index is 0.575. The average molecular weight is 215 g/mol. The molecule has 0 bridgehead atoms. The Labute approximate surface area is 93.1 Å². The zero-order valence-electron chi connectivity index (χ0n) is 9.07. The van der Waals surface area contributed by atoms with Gasteiger partial charge in [0.2, 0.25) is 0 Å². The van der Waals surface area contributed by atoms with Crippen molar-refractivity contribution in [3.8, 4) is 0 Å². The number of fused-ring (bicyclic) bond motifs is 1. The van der Waals surface area contributed by atoms with Gasteiger partial charge < -0.3 is 5.73 Å². The Morgan fingerprint density at radius 1 is 1.44 bits per heavy atom. The largest absolute Gasteiger partial charge is 0.315 e. The molecular weight excluding hydrogens is 202 g/mol. The number of rotatable bonds is 1. The van der Waals surface area contributed by atoms with E-state index < -0.39 is 5.54 Å². The van der Waals surface area contributed by atoms with E-state index in [4.69, 9.17) is 5.73 Å². The van der Waals surface area contributed by atoms with Gasteiger partial charge in [0, 0.05) is 0 Å². The van der Waals surface area contributed by atoms with Crippen LogP contribution in [-0.4, -0.2) is 20.6 Å². The molecule has 0 fully saturated rings. The van der Waals surface area contributed by atoms with Crippen LogP contribution in [-0.2, 0) is 12.0 Å². The maximum Gasteiger partial charge on any atom is 0.198 e. The third kappa shape index (κ3) is 1.18. The molecule has 1 unspecified atom stereocenters. The third-order valence-corrected chi connectivity index (χ3v) is 3.28. The number of tetrazole rings is 1. The number of hydrogen-bond acceptors (Lipinski definition) is 4. The van der Waals surface area contributed by atoms with E-state index in [1.165, 1.54) is 11.1 Å². The summed E-state index contributed by atoms with van der Waals surface area (Å²) in [6, 6.07) is 6.37. The quantitative estimate of drug-likeness (QED) is 0.732. The molecule has 1 aliphatic carbocycles. The standard InChI is InChI=1S/C11H13N5/c1-7-2-3-8-4-5-11(12,9(8)6-7)10-13-15-16-14-10/h2-3,6H,4-5,12H2,1H3,(H,13,14,15,16). The fraction of sp³-hybridized carbons (Fsp3) is 0.364. The van der Waals surface area contributed by atoms with Crippen molar-refractivity contribution < 1.29 is 0 Å². The highest BCUT2D eigenvalue weighted by Crippen LogP contribution is 2.38. The molecule has 1 aromatic carbocycles. The van der Waals surface area contributed by atoms with Gasteiger partial charge in [0.25, 0.3) is 0 Å². The minimum Gasteiger partial charge on any atom is -0.315 e. The normalized spacial score (nSPS) is 23.4. The Morgan fingerprint density at radius 2 is 2.31 bits per heavy atom. The first kappa shape index (κ1) is 9.47. The zero-order valence-corrected chi connectivity index (χ0v) is 9.07. The Kier molecular flexibility index (Phi) is 1.85. The number of hydrogen-bond donors (Lipinski definition) is 2. The van der Waals surface area contributed by atoms with Gasteiger partial charge in [-0.1, -0.05) is 29.0 Å². The number of nitrogens with zero attached hydrogens (tertiary/aromatic N) is 3. The van der Waals surface area contributed by atoms with Gasteiger partial charge in [0.05, 0.1) is 0 Å². The second-order valence-corrected chi connectivity index (χ2v) is 4.37. The number of nitrogens with one attached hydrogen (secondary N) is 1. The smallest absolute Gasteiger partial charge is 0.198 e. The van der Waals surface area contributed by atoms with Crippen LogP contribution < -0.4 is 5.73 Å². The summed E-state index contributed by atoms with van der Waals surface area (Å²) in [7, 11) is 0. The van der Waals surface area contributed by atoms with E-state index >= 15 is 0 Å². The van der Waals surface area contributed by atoms with Crippen LogP contribution in [0.2, 0.25) is 0 Å². The molecule has 1 atom stereocenters. The minimum atomic E-state index is -0.575. The van der Waals surface area contributed by atoms with Gasteiger partial charge in [0.1, 0.15) is 5.54 Å². The molecule has 0 amide bonds. The van der Waals surface area contributed by atoms with Crippen molar-refractivity contribution in [2.24, 2.45) is 5.73 Å². The van der Waals surface area contributed by atoms with E-state index in [1.54, 1.807) is 0 Å². The van der Waals surface area contributed by atoms with E-state index in [9.17, 15) is 0 Å². The molecule has 0 saturated heterocycles. The predicted molar refractivity (Wildman–Crippen MR) is 58.6 cm³/mol. The molecule has 2 aromatic rings. The van der Waals surface area contributed by atoms with Gasteiger partial charge in [0.15, 0.2) is 5.82 Å². The molecular formula is C11H13N5. The number of aryl methyl sites for hydroxylation is 2. The van der Waals surface area contributed by atoms with Crippen LogP contribution in [0, 0.1) is 6.92 Å². The van der Waals surface area contributed by atoms with Crippen molar-refractivity contribution >= 4 is 0 Å². The Hall–Kier alpha value is -1.75. The summed E-state index contributed by atoms with van der Waals surface area (Å²) in [5, 5.41) is 14.1. The first-order valence-corrected chi connectivity index (χ1v) is 5.33. The topological polar surface area (TPSA) is 80.5 Å². The molecule has 1 aromatic heterocycles. The lowest BCUT2D eigenvalue weighted by Gasteiger charge is -2.21. The molecule has 82 valence electrons. The van der Waals surface area contributed by atoms with Crippen LogP contribution in [0.25, 0.3) is 0 Å². The number of nitrogens with two attached hydrogens (primary N) is 1. The molecule has 1 heterocycles. The zero-order chi connectivity index (χ0) is 11.2. The highest BCUT2D eigenvalue weighted by molar-refractivity contribution is 5.44. The van der Waals surface area contributed by atoms with Gasteiger partial charge in [-0.05, 0) is 30.9 Å². The van der Waals surface area contributed by atoms with Crippen molar-refractivity contribution in [1.29, 1.82) is 0 Å². The summed E-state index contributed by atoms with van der Waals surface area (Å²) in [6.45, 7) is 2.06. The molecule has 0 spiro atoms. The van der Waals surface area contributed by atoms with Crippen LogP contribution in [0.1, 0.15) is 28.9 Å². The lowest BCUT2D eigenvalue weighted by atomic mass is 9.91. The Morgan fingerprint density at radius 3 is 3.06 bits per heavy atom. The lowest BCUT2D eigenvalue weighted by molar-refractivity contribution is 0.500. The average Bonchev–Trinajstić information content (AvgIpc) is 2.88. The Balaban J connectivity index is 2.18. The summed E-state index contributed by atoms with van der Waals surface area (Å²) in [4.78, 5) is 0. The monoisotopic (exact) mass is 215 g/mol. The van der Waals surface area contributed by atoms with Gasteiger partial charge in [-0.3, -0.25) is 0 Å². The molecule has 5 heteroatoms. The molecule has 0 radical (unpaired) electrons. The highest BCUT2D eigenvalue weighted by atomic mass is 15.5. The first-order valence-electron chi connectivity index (χ1n) is 5.33. The van der Waals surface area contributed by atoms with Crippen LogP contribution in [0.5, 0.6) is 0 Å². The number of aromatic nitrogens is 4. The van der Waals surface area contributed by atoms with E-state index in [0.29, 0.717) is 5.82 Å². The fourth-order valence-corrected chi connectivity index (χ4v) is 2.37.